The Bertz CT molecular complexity index is 224. The predicted octanol–water partition coefficient (Wildman–Crippen LogP) is 2.99. The van der Waals surface area contributed by atoms with E-state index in [4.69, 9.17) is 9.47 Å². The summed E-state index contributed by atoms with van der Waals surface area (Å²) in [5, 5.41) is 0. The summed E-state index contributed by atoms with van der Waals surface area (Å²) in [6.45, 7) is 1.05. The molecule has 0 amide bonds. The van der Waals surface area contributed by atoms with E-state index in [1.54, 1.807) is 0 Å². The molecular weight excluding hydrogens is 232 g/mol. The third kappa shape index (κ3) is 8.09. The fraction of sp³-hybridized carbons (Fsp3) is 0.857. The molecule has 0 aromatic heterocycles. The number of esters is 2. The molecule has 0 radical (unpaired) electrons. The summed E-state index contributed by atoms with van der Waals surface area (Å²) in [5.74, 6) is -0.164. The van der Waals surface area contributed by atoms with E-state index in [-0.39, 0.29) is 11.9 Å². The van der Waals surface area contributed by atoms with Gasteiger partial charge in [-0.2, -0.15) is 0 Å². The summed E-state index contributed by atoms with van der Waals surface area (Å²) in [5.41, 5.74) is 0. The molecule has 0 saturated carbocycles. The lowest BCUT2D eigenvalue weighted by Crippen LogP contribution is -2.07. The lowest BCUT2D eigenvalue weighted by molar-refractivity contribution is -0.145. The lowest BCUT2D eigenvalue weighted by atomic mass is 10.1. The van der Waals surface area contributed by atoms with E-state index in [2.05, 4.69) is 0 Å². The highest BCUT2D eigenvalue weighted by atomic mass is 16.5. The zero-order valence-corrected chi connectivity index (χ0v) is 11.1. The average molecular weight is 256 g/mol. The number of hydrogen-bond acceptors (Lipinski definition) is 4. The maximum Gasteiger partial charge on any atom is 0.305 e. The molecule has 104 valence electrons. The van der Waals surface area contributed by atoms with Crippen molar-refractivity contribution in [3.05, 3.63) is 0 Å². The van der Waals surface area contributed by atoms with Crippen LogP contribution in [0.3, 0.4) is 0 Å². The highest BCUT2D eigenvalue weighted by Crippen LogP contribution is 2.09. The Labute approximate surface area is 109 Å². The average Bonchev–Trinajstić information content (AvgIpc) is 2.35. The fourth-order valence-electron chi connectivity index (χ4n) is 1.97. The van der Waals surface area contributed by atoms with Crippen LogP contribution >= 0.6 is 0 Å². The van der Waals surface area contributed by atoms with Crippen LogP contribution in [0.2, 0.25) is 0 Å². The molecule has 0 N–H and O–H groups in total. The van der Waals surface area contributed by atoms with Crippen LogP contribution in [0.25, 0.3) is 0 Å². The Morgan fingerprint density at radius 2 is 0.944 bits per heavy atom. The molecule has 0 unspecified atom stereocenters. The van der Waals surface area contributed by atoms with Crippen LogP contribution in [-0.2, 0) is 19.1 Å². The summed E-state index contributed by atoms with van der Waals surface area (Å²) in [7, 11) is 0. The van der Waals surface area contributed by atoms with Crippen LogP contribution in [0.1, 0.15) is 64.2 Å². The summed E-state index contributed by atoms with van der Waals surface area (Å²) >= 11 is 0. The molecule has 0 bridgehead atoms. The van der Waals surface area contributed by atoms with Gasteiger partial charge in [-0.1, -0.05) is 12.8 Å². The molecule has 1 rings (SSSR count). The number of rotatable bonds is 0. The molecule has 0 aliphatic carbocycles. The normalized spacial score (nSPS) is 22.0. The number of hydrogen-bond donors (Lipinski definition) is 0. The minimum atomic E-state index is -0.0819. The van der Waals surface area contributed by atoms with Gasteiger partial charge in [-0.15, -0.1) is 0 Å². The Balaban J connectivity index is 2.21. The third-order valence-electron chi connectivity index (χ3n) is 3.08. The van der Waals surface area contributed by atoms with Gasteiger partial charge < -0.3 is 9.47 Å². The van der Waals surface area contributed by atoms with Crippen LogP contribution in [0, 0.1) is 0 Å². The highest BCUT2D eigenvalue weighted by molar-refractivity contribution is 5.69. The van der Waals surface area contributed by atoms with Crippen LogP contribution in [0.4, 0.5) is 0 Å². The van der Waals surface area contributed by atoms with Crippen LogP contribution < -0.4 is 0 Å². The number of carbonyl (C=O) groups is 2. The maximum absolute atomic E-state index is 11.3. The minimum Gasteiger partial charge on any atom is -0.466 e. The van der Waals surface area contributed by atoms with Gasteiger partial charge in [0.15, 0.2) is 0 Å². The molecule has 1 aliphatic heterocycles. The van der Waals surface area contributed by atoms with Crippen LogP contribution in [0.15, 0.2) is 0 Å². The molecule has 1 saturated heterocycles. The van der Waals surface area contributed by atoms with Crippen molar-refractivity contribution in [2.45, 2.75) is 64.2 Å². The molecule has 18 heavy (non-hydrogen) atoms. The first kappa shape index (κ1) is 15.0. The zero-order valence-electron chi connectivity index (χ0n) is 11.1. The fourth-order valence-corrected chi connectivity index (χ4v) is 1.97. The molecule has 4 heteroatoms. The Hall–Kier alpha value is -1.06. The molecule has 0 atom stereocenters. The van der Waals surface area contributed by atoms with Gasteiger partial charge in [0.05, 0.1) is 13.2 Å². The van der Waals surface area contributed by atoms with E-state index in [1.807, 2.05) is 0 Å². The second-order valence-corrected chi connectivity index (χ2v) is 4.77. The van der Waals surface area contributed by atoms with Gasteiger partial charge in [0, 0.05) is 12.8 Å². The number of carbonyl (C=O) groups excluding carboxylic acids is 2. The molecule has 0 aromatic carbocycles. The standard InChI is InChI=1S/C14H24O4/c15-13-9-5-1-2-6-10-14(16)18-12-8-4-3-7-11-17-13/h1-12H2. The van der Waals surface area contributed by atoms with Crippen molar-refractivity contribution in [3.63, 3.8) is 0 Å². The second-order valence-electron chi connectivity index (χ2n) is 4.77. The molecule has 4 nitrogen and oxygen atoms in total. The smallest absolute Gasteiger partial charge is 0.305 e. The van der Waals surface area contributed by atoms with E-state index < -0.39 is 0 Å². The first-order valence-corrected chi connectivity index (χ1v) is 7.10. The van der Waals surface area contributed by atoms with Crippen molar-refractivity contribution >= 4 is 11.9 Å². The lowest BCUT2D eigenvalue weighted by Gasteiger charge is -2.07. The molecule has 1 aliphatic rings. The summed E-state index contributed by atoms with van der Waals surface area (Å²) < 4.78 is 10.3. The predicted molar refractivity (Wildman–Crippen MR) is 68.1 cm³/mol. The van der Waals surface area contributed by atoms with E-state index in [0.29, 0.717) is 26.1 Å². The van der Waals surface area contributed by atoms with Gasteiger partial charge in [0.1, 0.15) is 0 Å². The molecule has 0 aromatic rings. The quantitative estimate of drug-likeness (QED) is 0.625. The summed E-state index contributed by atoms with van der Waals surface area (Å²) in [4.78, 5) is 22.7. The van der Waals surface area contributed by atoms with E-state index in [0.717, 1.165) is 51.4 Å². The third-order valence-corrected chi connectivity index (χ3v) is 3.08. The number of cyclic esters (lactones) is 2. The monoisotopic (exact) mass is 256 g/mol. The first-order chi connectivity index (χ1) is 8.79. The van der Waals surface area contributed by atoms with Crippen molar-refractivity contribution in [3.8, 4) is 0 Å². The van der Waals surface area contributed by atoms with Crippen molar-refractivity contribution in [2.75, 3.05) is 13.2 Å². The molecule has 0 spiro atoms. The zero-order chi connectivity index (χ0) is 13.1. The molecule has 1 fully saturated rings. The van der Waals surface area contributed by atoms with Crippen molar-refractivity contribution < 1.29 is 19.1 Å². The number of ether oxygens (including phenoxy) is 2. The van der Waals surface area contributed by atoms with Crippen molar-refractivity contribution in [1.82, 2.24) is 0 Å². The minimum absolute atomic E-state index is 0.0819. The Morgan fingerprint density at radius 3 is 1.39 bits per heavy atom. The summed E-state index contributed by atoms with van der Waals surface area (Å²) in [6.07, 6.45) is 8.51. The van der Waals surface area contributed by atoms with Gasteiger partial charge in [0.25, 0.3) is 0 Å². The van der Waals surface area contributed by atoms with Crippen molar-refractivity contribution in [2.24, 2.45) is 0 Å². The van der Waals surface area contributed by atoms with Gasteiger partial charge >= 0.3 is 11.9 Å². The van der Waals surface area contributed by atoms with Gasteiger partial charge in [-0.25, -0.2) is 0 Å². The summed E-state index contributed by atoms with van der Waals surface area (Å²) in [6, 6.07) is 0. The Kier molecular flexibility index (Phi) is 8.26. The van der Waals surface area contributed by atoms with Gasteiger partial charge in [-0.3, -0.25) is 9.59 Å². The van der Waals surface area contributed by atoms with Crippen LogP contribution in [0.5, 0.6) is 0 Å². The molecular formula is C14H24O4. The van der Waals surface area contributed by atoms with E-state index in [1.165, 1.54) is 0 Å². The SMILES string of the molecule is O=C1CCCCCCC(=O)OCCCCCCO1. The van der Waals surface area contributed by atoms with Crippen molar-refractivity contribution in [1.29, 1.82) is 0 Å². The topological polar surface area (TPSA) is 52.6 Å². The highest BCUT2D eigenvalue weighted by Gasteiger charge is 2.05. The second kappa shape index (κ2) is 9.92. The first-order valence-electron chi connectivity index (χ1n) is 7.10. The van der Waals surface area contributed by atoms with Gasteiger partial charge in [0.2, 0.25) is 0 Å². The largest absolute Gasteiger partial charge is 0.466 e. The Morgan fingerprint density at radius 1 is 0.556 bits per heavy atom. The maximum atomic E-state index is 11.3. The molecule has 1 heterocycles. The van der Waals surface area contributed by atoms with E-state index in [9.17, 15) is 9.59 Å². The van der Waals surface area contributed by atoms with Crippen LogP contribution in [-0.4, -0.2) is 25.2 Å². The van der Waals surface area contributed by atoms with Gasteiger partial charge in [-0.05, 0) is 38.5 Å². The van der Waals surface area contributed by atoms with E-state index >= 15 is 0 Å².